The summed E-state index contributed by atoms with van der Waals surface area (Å²) in [5, 5.41) is 2.43. The molecule has 0 amide bonds. The monoisotopic (exact) mass is 185 g/mol. The van der Waals surface area contributed by atoms with Gasteiger partial charge in [0.1, 0.15) is 4.99 Å². The van der Waals surface area contributed by atoms with Gasteiger partial charge in [-0.25, -0.2) is 0 Å². The van der Waals surface area contributed by atoms with Gasteiger partial charge in [0.15, 0.2) is 6.10 Å². The third-order valence-electron chi connectivity index (χ3n) is 1.27. The molecule has 1 heterocycles. The summed E-state index contributed by atoms with van der Waals surface area (Å²) in [6.45, 7) is -0.415. The third-order valence-corrected chi connectivity index (χ3v) is 1.53. The van der Waals surface area contributed by atoms with Crippen LogP contribution < -0.4 is 5.32 Å². The maximum atomic E-state index is 11.9. The largest absolute Gasteiger partial charge is 0.416 e. The van der Waals surface area contributed by atoms with E-state index in [0.717, 1.165) is 0 Å². The van der Waals surface area contributed by atoms with Crippen LogP contribution >= 0.6 is 12.2 Å². The fourth-order valence-corrected chi connectivity index (χ4v) is 0.854. The first-order chi connectivity index (χ1) is 5.00. The van der Waals surface area contributed by atoms with Crippen molar-refractivity contribution in [3.63, 3.8) is 0 Å². The van der Waals surface area contributed by atoms with Crippen molar-refractivity contribution >= 4 is 17.2 Å². The predicted molar refractivity (Wildman–Crippen MR) is 36.4 cm³/mol. The summed E-state index contributed by atoms with van der Waals surface area (Å²) in [5.41, 5.74) is 0. The average molecular weight is 185 g/mol. The number of hydrogen-bond donors (Lipinski definition) is 1. The number of morpholine rings is 1. The van der Waals surface area contributed by atoms with Gasteiger partial charge in [0.05, 0.1) is 13.2 Å². The lowest BCUT2D eigenvalue weighted by molar-refractivity contribution is -0.216. The number of rotatable bonds is 0. The van der Waals surface area contributed by atoms with Crippen LogP contribution in [0.3, 0.4) is 0 Å². The molecule has 11 heavy (non-hydrogen) atoms. The Balaban J connectivity index is 2.45. The third kappa shape index (κ3) is 2.30. The Morgan fingerprint density at radius 1 is 1.55 bits per heavy atom. The van der Waals surface area contributed by atoms with Crippen molar-refractivity contribution < 1.29 is 17.9 Å². The fraction of sp³-hybridized carbons (Fsp3) is 0.800. The van der Waals surface area contributed by atoms with Crippen LogP contribution in [0, 0.1) is 0 Å². The molecular formula is C5H6F3NOS. The number of thiocarbonyl (C=S) groups is 1. The molecule has 1 N–H and O–H groups in total. The van der Waals surface area contributed by atoms with Gasteiger partial charge in [0.25, 0.3) is 0 Å². The molecule has 0 aromatic rings. The number of halogens is 3. The van der Waals surface area contributed by atoms with Crippen molar-refractivity contribution in [2.24, 2.45) is 0 Å². The molecular weight excluding hydrogens is 179 g/mol. The Hall–Kier alpha value is -0.360. The molecule has 0 aliphatic carbocycles. The van der Waals surface area contributed by atoms with Crippen molar-refractivity contribution in [1.29, 1.82) is 0 Å². The van der Waals surface area contributed by atoms with Gasteiger partial charge < -0.3 is 10.1 Å². The normalized spacial score (nSPS) is 26.5. The zero-order chi connectivity index (χ0) is 8.48. The molecule has 1 fully saturated rings. The zero-order valence-corrected chi connectivity index (χ0v) is 6.26. The minimum absolute atomic E-state index is 0.139. The quantitative estimate of drug-likeness (QED) is 0.566. The minimum atomic E-state index is -4.29. The van der Waals surface area contributed by atoms with Crippen LogP contribution in [0.4, 0.5) is 13.2 Å². The zero-order valence-electron chi connectivity index (χ0n) is 5.44. The van der Waals surface area contributed by atoms with Gasteiger partial charge in [-0.05, 0) is 0 Å². The van der Waals surface area contributed by atoms with E-state index in [1.165, 1.54) is 0 Å². The molecule has 0 spiro atoms. The molecule has 1 rings (SSSR count). The van der Waals surface area contributed by atoms with Gasteiger partial charge in [-0.2, -0.15) is 13.2 Å². The standard InChI is InChI=1S/C5H6F3NOS/c6-5(7,8)3-1-9-4(11)2-10-3/h3H,1-2H2,(H,9,11). The summed E-state index contributed by atoms with van der Waals surface area (Å²) >= 11 is 4.58. The minimum Gasteiger partial charge on any atom is -0.375 e. The highest BCUT2D eigenvalue weighted by molar-refractivity contribution is 7.80. The Bertz CT molecular complexity index is 160. The SMILES string of the molecule is FC(F)(F)C1CNC(=S)CO1. The molecule has 0 aromatic carbocycles. The summed E-state index contributed by atoms with van der Waals surface area (Å²) < 4.78 is 40.0. The molecule has 2 nitrogen and oxygen atoms in total. The van der Waals surface area contributed by atoms with Crippen molar-refractivity contribution in [2.75, 3.05) is 13.2 Å². The molecule has 1 unspecified atom stereocenters. The van der Waals surface area contributed by atoms with Gasteiger partial charge in [-0.1, -0.05) is 12.2 Å². The highest BCUT2D eigenvalue weighted by Gasteiger charge is 2.42. The van der Waals surface area contributed by atoms with Gasteiger partial charge in [0, 0.05) is 0 Å². The van der Waals surface area contributed by atoms with Crippen LogP contribution in [-0.2, 0) is 4.74 Å². The van der Waals surface area contributed by atoms with E-state index in [9.17, 15) is 13.2 Å². The molecule has 64 valence electrons. The molecule has 0 aromatic heterocycles. The van der Waals surface area contributed by atoms with Crippen molar-refractivity contribution in [2.45, 2.75) is 12.3 Å². The summed E-state index contributed by atoms with van der Waals surface area (Å²) in [6, 6.07) is 0. The predicted octanol–water partition coefficient (Wildman–Crippen LogP) is 0.864. The van der Waals surface area contributed by atoms with Crippen LogP contribution in [0.1, 0.15) is 0 Å². The second kappa shape index (κ2) is 2.94. The smallest absolute Gasteiger partial charge is 0.375 e. The highest BCUT2D eigenvalue weighted by atomic mass is 32.1. The van der Waals surface area contributed by atoms with E-state index in [1.54, 1.807) is 0 Å². The molecule has 1 saturated heterocycles. The lowest BCUT2D eigenvalue weighted by Gasteiger charge is -2.26. The Morgan fingerprint density at radius 2 is 2.18 bits per heavy atom. The van der Waals surface area contributed by atoms with E-state index in [4.69, 9.17) is 0 Å². The lowest BCUT2D eigenvalue weighted by Crippen LogP contribution is -2.48. The number of ether oxygens (including phenoxy) is 1. The summed E-state index contributed by atoms with van der Waals surface area (Å²) in [7, 11) is 0. The van der Waals surface area contributed by atoms with E-state index in [0.29, 0.717) is 4.99 Å². The van der Waals surface area contributed by atoms with E-state index < -0.39 is 12.3 Å². The van der Waals surface area contributed by atoms with Gasteiger partial charge >= 0.3 is 6.18 Å². The fourth-order valence-electron chi connectivity index (χ4n) is 0.703. The number of alkyl halides is 3. The molecule has 0 saturated carbocycles. The van der Waals surface area contributed by atoms with E-state index >= 15 is 0 Å². The van der Waals surface area contributed by atoms with E-state index in [2.05, 4.69) is 22.3 Å². The Kier molecular flexibility index (Phi) is 2.34. The van der Waals surface area contributed by atoms with Crippen LogP contribution in [0.2, 0.25) is 0 Å². The molecule has 0 bridgehead atoms. The topological polar surface area (TPSA) is 21.3 Å². The van der Waals surface area contributed by atoms with Crippen molar-refractivity contribution in [3.05, 3.63) is 0 Å². The summed E-state index contributed by atoms with van der Waals surface area (Å²) in [4.78, 5) is 0.325. The Morgan fingerprint density at radius 3 is 2.55 bits per heavy atom. The van der Waals surface area contributed by atoms with Crippen LogP contribution in [0.15, 0.2) is 0 Å². The maximum Gasteiger partial charge on any atom is 0.416 e. The van der Waals surface area contributed by atoms with E-state index in [1.807, 2.05) is 0 Å². The number of nitrogens with one attached hydrogen (secondary N) is 1. The first kappa shape index (κ1) is 8.73. The average Bonchev–Trinajstić information content (AvgIpc) is 1.86. The summed E-state index contributed by atoms with van der Waals surface area (Å²) in [6.07, 6.45) is -6.00. The number of hydrogen-bond acceptors (Lipinski definition) is 2. The highest BCUT2D eigenvalue weighted by Crippen LogP contribution is 2.23. The Labute approximate surface area is 66.7 Å². The van der Waals surface area contributed by atoms with Gasteiger partial charge in [-0.3, -0.25) is 0 Å². The van der Waals surface area contributed by atoms with Crippen molar-refractivity contribution in [3.8, 4) is 0 Å². The first-order valence-electron chi connectivity index (χ1n) is 2.95. The second-order valence-electron chi connectivity index (χ2n) is 2.15. The van der Waals surface area contributed by atoms with Crippen molar-refractivity contribution in [1.82, 2.24) is 5.32 Å². The second-order valence-corrected chi connectivity index (χ2v) is 2.64. The van der Waals surface area contributed by atoms with Gasteiger partial charge in [0.2, 0.25) is 0 Å². The van der Waals surface area contributed by atoms with Crippen LogP contribution in [-0.4, -0.2) is 30.4 Å². The maximum absolute atomic E-state index is 11.9. The first-order valence-corrected chi connectivity index (χ1v) is 3.36. The van der Waals surface area contributed by atoms with Crippen LogP contribution in [0.5, 0.6) is 0 Å². The lowest BCUT2D eigenvalue weighted by atomic mass is 10.3. The van der Waals surface area contributed by atoms with Crippen LogP contribution in [0.25, 0.3) is 0 Å². The molecule has 0 radical (unpaired) electrons. The molecule has 1 aliphatic heterocycles. The molecule has 1 aliphatic rings. The molecule has 6 heteroatoms. The molecule has 1 atom stereocenters. The van der Waals surface area contributed by atoms with Gasteiger partial charge in [-0.15, -0.1) is 0 Å². The summed E-state index contributed by atoms with van der Waals surface area (Å²) in [5.74, 6) is 0. The van der Waals surface area contributed by atoms with E-state index in [-0.39, 0.29) is 13.2 Å².